The van der Waals surface area contributed by atoms with E-state index in [1.165, 1.54) is 4.57 Å². The maximum absolute atomic E-state index is 14.1. The van der Waals surface area contributed by atoms with Crippen molar-refractivity contribution in [3.8, 4) is 0 Å². The number of fused-ring (bicyclic) bond motifs is 1. The molecule has 3 heterocycles. The number of nitrogens with two attached hydrogens (primary N) is 1. The minimum atomic E-state index is -2.69. The fourth-order valence-electron chi connectivity index (χ4n) is 4.93. The zero-order valence-electron chi connectivity index (χ0n) is 18.0. The van der Waals surface area contributed by atoms with Gasteiger partial charge in [-0.1, -0.05) is 0 Å². The van der Waals surface area contributed by atoms with Gasteiger partial charge in [0.15, 0.2) is 11.6 Å². The van der Waals surface area contributed by atoms with Crippen LogP contribution in [0.2, 0.25) is 0 Å². The molecule has 1 aliphatic carbocycles. The van der Waals surface area contributed by atoms with Crippen LogP contribution in [0.5, 0.6) is 0 Å². The number of rotatable bonds is 5. The van der Waals surface area contributed by atoms with Crippen molar-refractivity contribution in [1.82, 2.24) is 14.5 Å². The number of amides is 1. The lowest BCUT2D eigenvalue weighted by Gasteiger charge is -2.35. The molecule has 1 unspecified atom stereocenters. The highest BCUT2D eigenvalue weighted by atomic mass is 32.3. The molecule has 182 valence electrons. The summed E-state index contributed by atoms with van der Waals surface area (Å²) in [6.45, 7) is 0.306. The molecule has 3 fully saturated rings. The number of anilines is 1. The molecule has 8 nitrogen and oxygen atoms in total. The fourth-order valence-corrected chi connectivity index (χ4v) is 6.69. The normalized spacial score (nSPS) is 28.3. The van der Waals surface area contributed by atoms with Crippen LogP contribution in [-0.2, 0) is 11.3 Å². The summed E-state index contributed by atoms with van der Waals surface area (Å²) in [6, 6.07) is 1.05. The lowest BCUT2D eigenvalue weighted by atomic mass is 10.1. The number of hydrogen-bond acceptors (Lipinski definition) is 6. The molecule has 0 bridgehead atoms. The second-order valence-corrected chi connectivity index (χ2v) is 11.7. The SMILES string of the molecule is N[C@@H]1CN(c2nc3cc(F)c(F)cc3n2CC(=O)N(C2CC2)C2CCS(O)(O)C2)CC[C@H]1F. The van der Waals surface area contributed by atoms with Gasteiger partial charge in [-0.2, -0.15) is 10.6 Å². The molecule has 3 aliphatic rings. The summed E-state index contributed by atoms with van der Waals surface area (Å²) >= 11 is 0. The van der Waals surface area contributed by atoms with Gasteiger partial charge in [0.1, 0.15) is 12.7 Å². The third kappa shape index (κ3) is 4.41. The molecule has 3 atom stereocenters. The van der Waals surface area contributed by atoms with Crippen molar-refractivity contribution in [2.45, 2.75) is 56.5 Å². The van der Waals surface area contributed by atoms with E-state index < -0.39 is 34.4 Å². The van der Waals surface area contributed by atoms with E-state index in [-0.39, 0.29) is 60.0 Å². The number of halogens is 3. The Morgan fingerprint density at radius 1 is 1.18 bits per heavy atom. The molecule has 1 aromatic carbocycles. The lowest BCUT2D eigenvalue weighted by Crippen LogP contribution is -2.50. The van der Waals surface area contributed by atoms with Crippen LogP contribution >= 0.6 is 10.6 Å². The number of nitrogens with zero attached hydrogens (tertiary/aromatic N) is 4. The van der Waals surface area contributed by atoms with Crippen molar-refractivity contribution >= 4 is 33.5 Å². The van der Waals surface area contributed by atoms with Gasteiger partial charge in [-0.15, -0.1) is 0 Å². The van der Waals surface area contributed by atoms with Gasteiger partial charge in [0.2, 0.25) is 11.9 Å². The number of hydrogen-bond donors (Lipinski definition) is 3. The lowest BCUT2D eigenvalue weighted by molar-refractivity contribution is -0.134. The summed E-state index contributed by atoms with van der Waals surface area (Å²) in [5.74, 6) is -1.59. The molecular formula is C21H28F3N5O3S. The van der Waals surface area contributed by atoms with Crippen LogP contribution in [0.3, 0.4) is 0 Å². The van der Waals surface area contributed by atoms with Crippen LogP contribution in [0.1, 0.15) is 25.7 Å². The topological polar surface area (TPSA) is 108 Å². The van der Waals surface area contributed by atoms with Gasteiger partial charge in [-0.3, -0.25) is 13.9 Å². The molecule has 0 radical (unpaired) electrons. The molecule has 4 N–H and O–H groups in total. The summed E-state index contributed by atoms with van der Waals surface area (Å²) in [5, 5.41) is 0. The Morgan fingerprint density at radius 3 is 2.55 bits per heavy atom. The van der Waals surface area contributed by atoms with E-state index in [2.05, 4.69) is 4.98 Å². The number of alkyl halides is 1. The molecule has 33 heavy (non-hydrogen) atoms. The van der Waals surface area contributed by atoms with Gasteiger partial charge in [0, 0.05) is 37.0 Å². The minimum Gasteiger partial charge on any atom is -0.340 e. The monoisotopic (exact) mass is 487 g/mol. The number of aromatic nitrogens is 2. The molecule has 2 aromatic rings. The number of imidazole rings is 1. The van der Waals surface area contributed by atoms with E-state index in [0.717, 1.165) is 25.0 Å². The average Bonchev–Trinajstić information content (AvgIpc) is 3.43. The first-order valence-electron chi connectivity index (χ1n) is 11.2. The van der Waals surface area contributed by atoms with Crippen molar-refractivity contribution in [3.05, 3.63) is 23.8 Å². The standard InChI is InChI=1S/C21H28F3N5O3S/c22-14-3-5-27(9-17(14)25)21-26-18-7-15(23)16(24)8-19(18)28(21)10-20(30)29(12-1-2-12)13-4-6-33(31,32)11-13/h7-8,12-14,17,31-32H,1-6,9-11,25H2/t13?,14-,17-/m1/s1. The van der Waals surface area contributed by atoms with Crippen LogP contribution in [0.4, 0.5) is 19.1 Å². The van der Waals surface area contributed by atoms with Crippen molar-refractivity contribution < 1.29 is 27.1 Å². The van der Waals surface area contributed by atoms with Crippen molar-refractivity contribution in [2.24, 2.45) is 5.73 Å². The minimum absolute atomic E-state index is 0.0407. The molecular weight excluding hydrogens is 459 g/mol. The molecule has 12 heteroatoms. The summed E-state index contributed by atoms with van der Waals surface area (Å²) in [4.78, 5) is 21.4. The third-order valence-electron chi connectivity index (χ3n) is 6.78. The highest BCUT2D eigenvalue weighted by molar-refractivity contribution is 8.24. The van der Waals surface area contributed by atoms with E-state index in [1.807, 2.05) is 0 Å². The molecule has 2 aliphatic heterocycles. The van der Waals surface area contributed by atoms with Gasteiger partial charge in [-0.25, -0.2) is 18.2 Å². The molecule has 1 saturated carbocycles. The third-order valence-corrected chi connectivity index (χ3v) is 8.58. The van der Waals surface area contributed by atoms with E-state index in [9.17, 15) is 27.1 Å². The summed E-state index contributed by atoms with van der Waals surface area (Å²) in [5.41, 5.74) is 6.37. The van der Waals surface area contributed by atoms with Crippen LogP contribution in [0, 0.1) is 11.6 Å². The largest absolute Gasteiger partial charge is 0.340 e. The maximum Gasteiger partial charge on any atom is 0.243 e. The second kappa shape index (κ2) is 8.33. The predicted octanol–water partition coefficient (Wildman–Crippen LogP) is 2.70. The Bertz CT molecular complexity index is 1080. The maximum atomic E-state index is 14.1. The smallest absolute Gasteiger partial charge is 0.243 e. The Hall–Kier alpha value is -2.02. The zero-order valence-corrected chi connectivity index (χ0v) is 18.9. The van der Waals surface area contributed by atoms with Crippen LogP contribution in [-0.4, -0.2) is 78.4 Å². The van der Waals surface area contributed by atoms with Crippen LogP contribution in [0.15, 0.2) is 12.1 Å². The number of carbonyl (C=O) groups is 1. The zero-order chi connectivity index (χ0) is 23.5. The molecule has 1 aromatic heterocycles. The number of piperidine rings is 1. The van der Waals surface area contributed by atoms with Crippen LogP contribution < -0.4 is 10.6 Å². The highest BCUT2D eigenvalue weighted by Crippen LogP contribution is 2.48. The average molecular weight is 488 g/mol. The highest BCUT2D eigenvalue weighted by Gasteiger charge is 2.42. The molecule has 0 spiro atoms. The first-order chi connectivity index (χ1) is 15.6. The molecule has 2 saturated heterocycles. The fraction of sp³-hybridized carbons (Fsp3) is 0.619. The van der Waals surface area contributed by atoms with Crippen molar-refractivity contribution in [2.75, 3.05) is 29.5 Å². The van der Waals surface area contributed by atoms with Crippen molar-refractivity contribution in [3.63, 3.8) is 0 Å². The van der Waals surface area contributed by atoms with Gasteiger partial charge in [0.25, 0.3) is 0 Å². The van der Waals surface area contributed by atoms with Gasteiger partial charge in [-0.05, 0) is 25.7 Å². The Labute approximate surface area is 190 Å². The van der Waals surface area contributed by atoms with E-state index >= 15 is 0 Å². The van der Waals surface area contributed by atoms with Crippen molar-refractivity contribution in [1.29, 1.82) is 0 Å². The van der Waals surface area contributed by atoms with E-state index in [1.54, 1.807) is 9.80 Å². The van der Waals surface area contributed by atoms with Gasteiger partial charge < -0.3 is 20.1 Å². The van der Waals surface area contributed by atoms with Crippen LogP contribution in [0.25, 0.3) is 11.0 Å². The van der Waals surface area contributed by atoms with E-state index in [0.29, 0.717) is 18.9 Å². The Balaban J connectivity index is 1.49. The first kappa shape index (κ1) is 22.8. The Morgan fingerprint density at radius 2 is 1.91 bits per heavy atom. The van der Waals surface area contributed by atoms with Gasteiger partial charge in [0.05, 0.1) is 28.9 Å². The first-order valence-corrected chi connectivity index (χ1v) is 13.1. The molecule has 5 rings (SSSR count). The number of benzene rings is 1. The summed E-state index contributed by atoms with van der Waals surface area (Å²) in [6.07, 6.45) is 1.24. The summed E-state index contributed by atoms with van der Waals surface area (Å²) in [7, 11) is -2.69. The molecule has 1 amide bonds. The summed E-state index contributed by atoms with van der Waals surface area (Å²) < 4.78 is 63.6. The Kier molecular flexibility index (Phi) is 5.74. The second-order valence-electron chi connectivity index (χ2n) is 9.32. The predicted molar refractivity (Wildman–Crippen MR) is 120 cm³/mol. The van der Waals surface area contributed by atoms with E-state index in [4.69, 9.17) is 5.73 Å². The number of carbonyl (C=O) groups excluding carboxylic acids is 1. The quantitative estimate of drug-likeness (QED) is 0.599. The van der Waals surface area contributed by atoms with Gasteiger partial charge >= 0.3 is 0 Å².